The molecule has 2 saturated heterocycles. The maximum Gasteiger partial charge on any atom is 0.0131 e. The van der Waals surface area contributed by atoms with E-state index >= 15 is 0 Å². The summed E-state index contributed by atoms with van der Waals surface area (Å²) >= 11 is 0. The van der Waals surface area contributed by atoms with E-state index in [9.17, 15) is 0 Å². The van der Waals surface area contributed by atoms with E-state index in [1.54, 1.807) is 0 Å². The minimum Gasteiger partial charge on any atom is -0.287 e. The topological polar surface area (TPSA) is 32.5 Å². The van der Waals surface area contributed by atoms with E-state index in [2.05, 4.69) is 21.0 Å². The van der Waals surface area contributed by atoms with Crippen LogP contribution in [-0.4, -0.2) is 35.9 Å². The molecule has 0 bridgehead atoms. The molecule has 0 radical (unpaired) electrons. The molecule has 3 unspecified atom stereocenters. The Kier molecular flexibility index (Phi) is 7.70. The number of piperidine rings is 1. The van der Waals surface area contributed by atoms with E-state index in [0.717, 1.165) is 30.8 Å². The Morgan fingerprint density at radius 1 is 1.00 bits per heavy atom. The van der Waals surface area contributed by atoms with Gasteiger partial charge in [-0.2, -0.15) is 0 Å². The normalized spacial score (nSPS) is 32.5. The fourth-order valence-electron chi connectivity index (χ4n) is 3.35. The standard InChI is InChI=1S/C12H26N3P.C2H6/c1-10-8-12(4-7-15(16)9-10)11-2-5-14(13)6-3-11;1-2/h10-12H,2-9,13,16H2,1H3;1-2H3. The minimum atomic E-state index is 0.848. The smallest absolute Gasteiger partial charge is 0.0131 e. The molecular weight excluding hydrogens is 241 g/mol. The molecule has 2 N–H and O–H groups in total. The van der Waals surface area contributed by atoms with Gasteiger partial charge >= 0.3 is 0 Å². The zero-order valence-electron chi connectivity index (χ0n) is 12.4. The Morgan fingerprint density at radius 3 is 2.17 bits per heavy atom. The van der Waals surface area contributed by atoms with Crippen molar-refractivity contribution in [3.05, 3.63) is 0 Å². The average molecular weight is 273 g/mol. The second-order valence-electron chi connectivity index (χ2n) is 5.76. The summed E-state index contributed by atoms with van der Waals surface area (Å²) in [5.74, 6) is 8.55. The molecule has 108 valence electrons. The monoisotopic (exact) mass is 273 g/mol. The van der Waals surface area contributed by atoms with Gasteiger partial charge in [0.1, 0.15) is 0 Å². The Labute approximate surface area is 116 Å². The molecule has 2 fully saturated rings. The molecule has 4 heteroatoms. The second-order valence-corrected chi connectivity index (χ2v) is 6.49. The molecule has 0 aliphatic carbocycles. The average Bonchev–Trinajstić information content (AvgIpc) is 2.54. The van der Waals surface area contributed by atoms with Crippen LogP contribution in [0.1, 0.15) is 46.5 Å². The molecule has 3 nitrogen and oxygen atoms in total. The molecule has 0 aromatic carbocycles. The first-order chi connectivity index (χ1) is 8.65. The molecule has 0 amide bonds. The first-order valence-corrected chi connectivity index (χ1v) is 8.16. The first-order valence-electron chi connectivity index (χ1n) is 7.64. The molecule has 2 aliphatic rings. The van der Waals surface area contributed by atoms with E-state index in [1.807, 2.05) is 18.9 Å². The van der Waals surface area contributed by atoms with Crippen molar-refractivity contribution >= 4 is 9.39 Å². The third-order valence-corrected chi connectivity index (χ3v) is 4.75. The summed E-state index contributed by atoms with van der Waals surface area (Å²) in [4.78, 5) is 0. The van der Waals surface area contributed by atoms with Crippen molar-refractivity contribution in [3.63, 3.8) is 0 Å². The maximum atomic E-state index is 5.83. The van der Waals surface area contributed by atoms with Gasteiger partial charge in [0.2, 0.25) is 0 Å². The third-order valence-electron chi connectivity index (χ3n) is 4.28. The van der Waals surface area contributed by atoms with Gasteiger partial charge in [-0.3, -0.25) is 10.5 Å². The van der Waals surface area contributed by atoms with E-state index < -0.39 is 0 Å². The first kappa shape index (κ1) is 16.4. The quantitative estimate of drug-likeness (QED) is 0.589. The van der Waals surface area contributed by atoms with Crippen LogP contribution in [0.3, 0.4) is 0 Å². The van der Waals surface area contributed by atoms with Crippen molar-refractivity contribution in [1.29, 1.82) is 0 Å². The Hall–Kier alpha value is 0.310. The highest BCUT2D eigenvalue weighted by atomic mass is 31.0. The Bertz CT molecular complexity index is 217. The summed E-state index contributed by atoms with van der Waals surface area (Å²) in [5, 5.41) is 1.98. The summed E-state index contributed by atoms with van der Waals surface area (Å²) < 4.78 is 2.42. The minimum absolute atomic E-state index is 0.848. The van der Waals surface area contributed by atoms with Crippen molar-refractivity contribution in [3.8, 4) is 0 Å². The molecule has 2 aliphatic heterocycles. The van der Waals surface area contributed by atoms with Crippen molar-refractivity contribution in [2.24, 2.45) is 23.6 Å². The number of hydrogen-bond donors (Lipinski definition) is 1. The highest BCUT2D eigenvalue weighted by Crippen LogP contribution is 2.34. The van der Waals surface area contributed by atoms with Gasteiger partial charge in [-0.25, -0.2) is 5.01 Å². The van der Waals surface area contributed by atoms with Crippen LogP contribution in [0.15, 0.2) is 0 Å². The van der Waals surface area contributed by atoms with Crippen LogP contribution < -0.4 is 5.84 Å². The lowest BCUT2D eigenvalue weighted by atomic mass is 9.79. The van der Waals surface area contributed by atoms with E-state index in [1.165, 1.54) is 38.8 Å². The van der Waals surface area contributed by atoms with Crippen LogP contribution >= 0.6 is 9.39 Å². The summed E-state index contributed by atoms with van der Waals surface area (Å²) in [6, 6.07) is 0. The van der Waals surface area contributed by atoms with Crippen LogP contribution in [0.5, 0.6) is 0 Å². The van der Waals surface area contributed by atoms with Crippen LogP contribution in [0.4, 0.5) is 0 Å². The van der Waals surface area contributed by atoms with Gasteiger partial charge in [0, 0.05) is 26.2 Å². The molecule has 18 heavy (non-hydrogen) atoms. The van der Waals surface area contributed by atoms with Gasteiger partial charge in [-0.15, -0.1) is 0 Å². The molecule has 3 atom stereocenters. The molecule has 0 aromatic rings. The number of rotatable bonds is 1. The van der Waals surface area contributed by atoms with Crippen molar-refractivity contribution in [2.45, 2.75) is 46.5 Å². The molecule has 2 rings (SSSR count). The zero-order valence-corrected chi connectivity index (χ0v) is 13.6. The zero-order chi connectivity index (χ0) is 13.5. The lowest BCUT2D eigenvalue weighted by Crippen LogP contribution is -2.40. The number of nitrogens with two attached hydrogens (primary N) is 1. The van der Waals surface area contributed by atoms with Crippen LogP contribution in [0, 0.1) is 17.8 Å². The molecular formula is C14H32N3P. The van der Waals surface area contributed by atoms with Crippen LogP contribution in [-0.2, 0) is 0 Å². The van der Waals surface area contributed by atoms with Crippen molar-refractivity contribution < 1.29 is 0 Å². The number of hydrazine groups is 1. The molecule has 0 spiro atoms. The summed E-state index contributed by atoms with van der Waals surface area (Å²) in [6.07, 6.45) is 5.42. The van der Waals surface area contributed by atoms with E-state index in [4.69, 9.17) is 5.84 Å². The van der Waals surface area contributed by atoms with Gasteiger partial charge in [-0.05, 0) is 43.4 Å². The van der Waals surface area contributed by atoms with E-state index in [0.29, 0.717) is 0 Å². The molecule has 0 saturated carbocycles. The third kappa shape index (κ3) is 5.13. The predicted octanol–water partition coefficient (Wildman–Crippen LogP) is 2.74. The number of hydrogen-bond acceptors (Lipinski definition) is 3. The highest BCUT2D eigenvalue weighted by Gasteiger charge is 2.29. The van der Waals surface area contributed by atoms with Crippen LogP contribution in [0.25, 0.3) is 0 Å². The predicted molar refractivity (Wildman–Crippen MR) is 83.0 cm³/mol. The maximum absolute atomic E-state index is 5.83. The second kappa shape index (κ2) is 8.47. The van der Waals surface area contributed by atoms with Crippen LogP contribution in [0.2, 0.25) is 0 Å². The van der Waals surface area contributed by atoms with E-state index in [-0.39, 0.29) is 0 Å². The van der Waals surface area contributed by atoms with Crippen molar-refractivity contribution in [1.82, 2.24) is 9.68 Å². The van der Waals surface area contributed by atoms with Gasteiger partial charge in [0.05, 0.1) is 0 Å². The lowest BCUT2D eigenvalue weighted by Gasteiger charge is -2.34. The van der Waals surface area contributed by atoms with Gasteiger partial charge in [-0.1, -0.05) is 30.2 Å². The fraction of sp³-hybridized carbons (Fsp3) is 1.00. The molecule has 0 aromatic heterocycles. The van der Waals surface area contributed by atoms with Crippen molar-refractivity contribution in [2.75, 3.05) is 26.2 Å². The summed E-state index contributed by atoms with van der Waals surface area (Å²) in [6.45, 7) is 11.1. The summed E-state index contributed by atoms with van der Waals surface area (Å²) in [5.41, 5.74) is 0. The fourth-order valence-corrected chi connectivity index (χ4v) is 3.86. The number of nitrogens with zero attached hydrogens (tertiary/aromatic N) is 2. The van der Waals surface area contributed by atoms with Gasteiger partial charge in [0.15, 0.2) is 0 Å². The lowest BCUT2D eigenvalue weighted by molar-refractivity contribution is 0.136. The Balaban J connectivity index is 0.000000771. The Morgan fingerprint density at radius 2 is 1.56 bits per heavy atom. The largest absolute Gasteiger partial charge is 0.287 e. The summed E-state index contributed by atoms with van der Waals surface area (Å²) in [7, 11) is 2.88. The molecule has 2 heterocycles. The SMILES string of the molecule is CC.CC1CC(C2CCN(N)CC2)CCN(P)C1. The highest BCUT2D eigenvalue weighted by molar-refractivity contribution is 7.13. The van der Waals surface area contributed by atoms with Gasteiger partial charge in [0.25, 0.3) is 0 Å². The van der Waals surface area contributed by atoms with Gasteiger partial charge < -0.3 is 0 Å².